The average Bonchev–Trinajstić information content (AvgIpc) is 2.67. The molecule has 1 aliphatic heterocycles. The normalized spacial score (nSPS) is 17.4. The fourth-order valence-corrected chi connectivity index (χ4v) is 2.86. The first-order valence-electron chi connectivity index (χ1n) is 7.82. The third-order valence-corrected chi connectivity index (χ3v) is 4.16. The molecule has 6 heteroatoms. The van der Waals surface area contributed by atoms with E-state index >= 15 is 0 Å². The second-order valence-corrected chi connectivity index (χ2v) is 5.64. The minimum Gasteiger partial charge on any atom is -0.324 e. The molecule has 1 fully saturated rings. The number of carbonyl (C=O) groups is 2. The fraction of sp³-hybridized carbons (Fsp3) is 0.222. The van der Waals surface area contributed by atoms with Gasteiger partial charge in [-0.25, -0.2) is 5.48 Å². The van der Waals surface area contributed by atoms with Gasteiger partial charge >= 0.3 is 0 Å². The molecule has 0 spiro atoms. The Morgan fingerprint density at radius 2 is 1.71 bits per heavy atom. The highest BCUT2D eigenvalue weighted by Crippen LogP contribution is 2.20. The van der Waals surface area contributed by atoms with Crippen molar-refractivity contribution in [3.05, 3.63) is 60.2 Å². The van der Waals surface area contributed by atoms with E-state index in [2.05, 4.69) is 5.32 Å². The Balaban J connectivity index is 1.80. The third-order valence-electron chi connectivity index (χ3n) is 4.16. The van der Waals surface area contributed by atoms with Crippen LogP contribution in [0.1, 0.15) is 10.4 Å². The van der Waals surface area contributed by atoms with Crippen molar-refractivity contribution in [3.8, 4) is 11.1 Å². The predicted octanol–water partition coefficient (Wildman–Crippen LogP) is 1.27. The SMILES string of the molecule is O=C(NO)C1CNCCN1C(=O)c1ccc(-c2ccccc2)cc1. The van der Waals surface area contributed by atoms with Gasteiger partial charge in [0.2, 0.25) is 0 Å². The topological polar surface area (TPSA) is 81.7 Å². The summed E-state index contributed by atoms with van der Waals surface area (Å²) in [4.78, 5) is 26.0. The Hall–Kier alpha value is -2.70. The zero-order chi connectivity index (χ0) is 16.9. The first kappa shape index (κ1) is 16.2. The summed E-state index contributed by atoms with van der Waals surface area (Å²) in [6.07, 6.45) is 0. The van der Waals surface area contributed by atoms with Crippen LogP contribution in [0, 0.1) is 0 Å². The highest BCUT2D eigenvalue weighted by Gasteiger charge is 2.32. The second-order valence-electron chi connectivity index (χ2n) is 5.64. The summed E-state index contributed by atoms with van der Waals surface area (Å²) < 4.78 is 0. The summed E-state index contributed by atoms with van der Waals surface area (Å²) in [6.45, 7) is 1.35. The highest BCUT2D eigenvalue weighted by molar-refractivity contribution is 5.98. The standard InChI is InChI=1S/C18H19N3O3/c22-17(20-24)16-12-19-10-11-21(16)18(23)15-8-6-14(7-9-15)13-4-2-1-3-5-13/h1-9,16,19,24H,10-12H2,(H,20,22). The van der Waals surface area contributed by atoms with Crippen molar-refractivity contribution in [2.24, 2.45) is 0 Å². The van der Waals surface area contributed by atoms with E-state index in [1.165, 1.54) is 4.90 Å². The van der Waals surface area contributed by atoms with Gasteiger partial charge in [-0.2, -0.15) is 0 Å². The summed E-state index contributed by atoms with van der Waals surface area (Å²) >= 11 is 0. The van der Waals surface area contributed by atoms with Crippen LogP contribution in [-0.4, -0.2) is 47.6 Å². The molecule has 0 aliphatic carbocycles. The maximum atomic E-state index is 12.7. The van der Waals surface area contributed by atoms with E-state index in [-0.39, 0.29) is 5.91 Å². The number of rotatable bonds is 3. The minimum atomic E-state index is -0.718. The first-order valence-corrected chi connectivity index (χ1v) is 7.82. The zero-order valence-corrected chi connectivity index (χ0v) is 13.1. The van der Waals surface area contributed by atoms with Crippen LogP contribution in [0.15, 0.2) is 54.6 Å². The van der Waals surface area contributed by atoms with E-state index in [4.69, 9.17) is 5.21 Å². The highest BCUT2D eigenvalue weighted by atomic mass is 16.5. The quantitative estimate of drug-likeness (QED) is 0.586. The smallest absolute Gasteiger partial charge is 0.267 e. The van der Waals surface area contributed by atoms with Crippen LogP contribution in [0.5, 0.6) is 0 Å². The fourth-order valence-electron chi connectivity index (χ4n) is 2.86. The number of benzene rings is 2. The van der Waals surface area contributed by atoms with Crippen molar-refractivity contribution in [2.45, 2.75) is 6.04 Å². The van der Waals surface area contributed by atoms with Crippen LogP contribution in [0.25, 0.3) is 11.1 Å². The van der Waals surface area contributed by atoms with Crippen molar-refractivity contribution < 1.29 is 14.8 Å². The van der Waals surface area contributed by atoms with E-state index in [1.807, 2.05) is 42.5 Å². The Kier molecular flexibility index (Phi) is 4.88. The van der Waals surface area contributed by atoms with Crippen molar-refractivity contribution in [3.63, 3.8) is 0 Å². The largest absolute Gasteiger partial charge is 0.324 e. The summed E-state index contributed by atoms with van der Waals surface area (Å²) in [7, 11) is 0. The van der Waals surface area contributed by atoms with E-state index in [9.17, 15) is 9.59 Å². The van der Waals surface area contributed by atoms with Gasteiger partial charge in [0, 0.05) is 25.2 Å². The molecule has 0 bridgehead atoms. The van der Waals surface area contributed by atoms with Gasteiger partial charge in [0.05, 0.1) is 0 Å². The van der Waals surface area contributed by atoms with E-state index in [0.29, 0.717) is 25.2 Å². The lowest BCUT2D eigenvalue weighted by Crippen LogP contribution is -2.59. The molecule has 1 heterocycles. The lowest BCUT2D eigenvalue weighted by atomic mass is 10.0. The zero-order valence-electron chi connectivity index (χ0n) is 13.1. The molecular formula is C18H19N3O3. The molecule has 1 saturated heterocycles. The molecule has 2 amide bonds. The van der Waals surface area contributed by atoms with Crippen LogP contribution >= 0.6 is 0 Å². The molecule has 2 aromatic rings. The van der Waals surface area contributed by atoms with Gasteiger partial charge in [-0.05, 0) is 23.3 Å². The number of hydrogen-bond acceptors (Lipinski definition) is 4. The molecule has 124 valence electrons. The van der Waals surface area contributed by atoms with E-state index in [1.54, 1.807) is 17.6 Å². The molecule has 1 aliphatic rings. The minimum absolute atomic E-state index is 0.218. The maximum Gasteiger partial charge on any atom is 0.267 e. The molecule has 2 aromatic carbocycles. The number of carbonyl (C=O) groups excluding carboxylic acids is 2. The summed E-state index contributed by atoms with van der Waals surface area (Å²) in [5.74, 6) is -0.804. The van der Waals surface area contributed by atoms with Crippen LogP contribution in [0.2, 0.25) is 0 Å². The summed E-state index contributed by atoms with van der Waals surface area (Å²) in [5.41, 5.74) is 4.25. The Bertz CT molecular complexity index is 716. The molecule has 3 rings (SSSR count). The van der Waals surface area contributed by atoms with E-state index < -0.39 is 11.9 Å². The van der Waals surface area contributed by atoms with E-state index in [0.717, 1.165) is 11.1 Å². The van der Waals surface area contributed by atoms with Gasteiger partial charge in [-0.15, -0.1) is 0 Å². The second kappa shape index (κ2) is 7.25. The summed E-state index contributed by atoms with van der Waals surface area (Å²) in [6, 6.07) is 16.5. The van der Waals surface area contributed by atoms with Crippen LogP contribution in [0.3, 0.4) is 0 Å². The first-order chi connectivity index (χ1) is 11.7. The molecule has 1 unspecified atom stereocenters. The van der Waals surface area contributed by atoms with Gasteiger partial charge in [0.1, 0.15) is 6.04 Å². The lowest BCUT2D eigenvalue weighted by Gasteiger charge is -2.34. The maximum absolute atomic E-state index is 12.7. The van der Waals surface area contributed by atoms with Gasteiger partial charge in [0.15, 0.2) is 0 Å². The number of amides is 2. The van der Waals surface area contributed by atoms with Gasteiger partial charge < -0.3 is 10.2 Å². The Labute approximate surface area is 140 Å². The molecule has 6 nitrogen and oxygen atoms in total. The van der Waals surface area contributed by atoms with Gasteiger partial charge in [-0.1, -0.05) is 42.5 Å². The molecule has 3 N–H and O–H groups in total. The number of piperazine rings is 1. The van der Waals surface area contributed by atoms with Crippen LogP contribution in [0.4, 0.5) is 0 Å². The molecule has 0 saturated carbocycles. The number of hydrogen-bond donors (Lipinski definition) is 3. The lowest BCUT2D eigenvalue weighted by molar-refractivity contribution is -0.134. The van der Waals surface area contributed by atoms with Crippen LogP contribution < -0.4 is 10.8 Å². The predicted molar refractivity (Wildman–Crippen MR) is 89.5 cm³/mol. The molecule has 0 radical (unpaired) electrons. The molecule has 24 heavy (non-hydrogen) atoms. The summed E-state index contributed by atoms with van der Waals surface area (Å²) in [5, 5.41) is 11.9. The van der Waals surface area contributed by atoms with Crippen molar-refractivity contribution >= 4 is 11.8 Å². The Morgan fingerprint density at radius 1 is 1.04 bits per heavy atom. The van der Waals surface area contributed by atoms with Gasteiger partial charge in [-0.3, -0.25) is 14.8 Å². The third kappa shape index (κ3) is 3.29. The number of nitrogens with zero attached hydrogens (tertiary/aromatic N) is 1. The van der Waals surface area contributed by atoms with Crippen molar-refractivity contribution in [2.75, 3.05) is 19.6 Å². The molecular weight excluding hydrogens is 306 g/mol. The number of nitrogens with one attached hydrogen (secondary N) is 2. The van der Waals surface area contributed by atoms with Crippen LogP contribution in [-0.2, 0) is 4.79 Å². The monoisotopic (exact) mass is 325 g/mol. The Morgan fingerprint density at radius 3 is 2.38 bits per heavy atom. The molecule has 1 atom stereocenters. The van der Waals surface area contributed by atoms with Crippen molar-refractivity contribution in [1.82, 2.24) is 15.7 Å². The van der Waals surface area contributed by atoms with Gasteiger partial charge in [0.25, 0.3) is 11.8 Å². The van der Waals surface area contributed by atoms with Crippen molar-refractivity contribution in [1.29, 1.82) is 0 Å². The molecule has 0 aromatic heterocycles. The number of hydroxylamine groups is 1. The average molecular weight is 325 g/mol.